The Hall–Kier alpha value is -1.45. The first-order chi connectivity index (χ1) is 4.43. The fourth-order valence-corrected chi connectivity index (χ4v) is 0.426. The lowest BCUT2D eigenvalue weighted by Gasteiger charge is -1.74. The van der Waals surface area contributed by atoms with Gasteiger partial charge in [0, 0.05) is 0 Å². The second kappa shape index (κ2) is 2.76. The van der Waals surface area contributed by atoms with Gasteiger partial charge in [-0.1, -0.05) is 0 Å². The molecule has 0 saturated carbocycles. The van der Waals surface area contributed by atoms with Crippen molar-refractivity contribution in [3.63, 3.8) is 0 Å². The summed E-state index contributed by atoms with van der Waals surface area (Å²) in [6.07, 6.45) is 4.95. The average molecular weight is 123 g/mol. The predicted octanol–water partition coefficient (Wildman–Crippen LogP) is 0.0168. The van der Waals surface area contributed by atoms with Gasteiger partial charge in [-0.3, -0.25) is 9.89 Å². The summed E-state index contributed by atoms with van der Waals surface area (Å²) >= 11 is 0. The van der Waals surface area contributed by atoms with E-state index in [1.807, 2.05) is 0 Å². The van der Waals surface area contributed by atoms with E-state index in [1.165, 1.54) is 12.4 Å². The van der Waals surface area contributed by atoms with Crippen LogP contribution in [0.25, 0.3) is 6.08 Å². The standard InChI is InChI=1S/C5H5N3O/c9-3-1-2-5-6-4-7-8-5/h1-4H,(H,6,7,8). The molecule has 4 heteroatoms. The van der Waals surface area contributed by atoms with Crippen LogP contribution >= 0.6 is 0 Å². The van der Waals surface area contributed by atoms with Crippen molar-refractivity contribution in [3.8, 4) is 0 Å². The molecule has 0 atom stereocenters. The van der Waals surface area contributed by atoms with Crippen LogP contribution in [0.15, 0.2) is 12.4 Å². The zero-order valence-corrected chi connectivity index (χ0v) is 4.61. The zero-order chi connectivity index (χ0) is 6.53. The number of hydrogen-bond acceptors (Lipinski definition) is 3. The summed E-state index contributed by atoms with van der Waals surface area (Å²) < 4.78 is 0. The molecule has 0 aliphatic carbocycles. The quantitative estimate of drug-likeness (QED) is 0.445. The maximum Gasteiger partial charge on any atom is 0.148 e. The van der Waals surface area contributed by atoms with Crippen LogP contribution in [0.5, 0.6) is 0 Å². The van der Waals surface area contributed by atoms with E-state index < -0.39 is 0 Å². The molecule has 0 unspecified atom stereocenters. The molecule has 0 aliphatic rings. The smallest absolute Gasteiger partial charge is 0.148 e. The molecule has 1 heterocycles. The summed E-state index contributed by atoms with van der Waals surface area (Å²) in [7, 11) is 0. The molecule has 9 heavy (non-hydrogen) atoms. The second-order valence-electron chi connectivity index (χ2n) is 1.37. The van der Waals surface area contributed by atoms with Gasteiger partial charge >= 0.3 is 0 Å². The molecular formula is C5H5N3O. The SMILES string of the molecule is O=CC=Cc1ncn[nH]1. The number of nitrogens with one attached hydrogen (secondary N) is 1. The minimum atomic E-state index is 0.585. The minimum absolute atomic E-state index is 0.585. The number of aldehydes is 1. The maximum atomic E-state index is 9.75. The van der Waals surface area contributed by atoms with Gasteiger partial charge in [-0.2, -0.15) is 5.10 Å². The van der Waals surface area contributed by atoms with Crippen LogP contribution in [0.3, 0.4) is 0 Å². The van der Waals surface area contributed by atoms with E-state index in [0.29, 0.717) is 12.1 Å². The van der Waals surface area contributed by atoms with Gasteiger partial charge in [-0.25, -0.2) is 4.98 Å². The van der Waals surface area contributed by atoms with Crippen molar-refractivity contribution in [3.05, 3.63) is 18.2 Å². The fraction of sp³-hybridized carbons (Fsp3) is 0. The highest BCUT2D eigenvalue weighted by Gasteiger charge is 1.82. The summed E-state index contributed by atoms with van der Waals surface area (Å²) in [5.74, 6) is 0.585. The summed E-state index contributed by atoms with van der Waals surface area (Å²) in [6.45, 7) is 0. The number of hydrogen-bond donors (Lipinski definition) is 1. The number of carbonyl (C=O) groups is 1. The topological polar surface area (TPSA) is 58.6 Å². The largest absolute Gasteiger partial charge is 0.299 e. The summed E-state index contributed by atoms with van der Waals surface area (Å²) in [6, 6.07) is 0. The van der Waals surface area contributed by atoms with Gasteiger partial charge in [0.1, 0.15) is 18.4 Å². The number of rotatable bonds is 2. The van der Waals surface area contributed by atoms with Gasteiger partial charge in [0.05, 0.1) is 0 Å². The molecule has 1 aromatic rings. The van der Waals surface area contributed by atoms with E-state index in [-0.39, 0.29) is 0 Å². The van der Waals surface area contributed by atoms with E-state index in [1.54, 1.807) is 6.08 Å². The highest BCUT2D eigenvalue weighted by atomic mass is 16.1. The lowest BCUT2D eigenvalue weighted by Crippen LogP contribution is -1.73. The molecule has 0 spiro atoms. The highest BCUT2D eigenvalue weighted by Crippen LogP contribution is 1.86. The maximum absolute atomic E-state index is 9.75. The zero-order valence-electron chi connectivity index (χ0n) is 4.61. The molecular weight excluding hydrogens is 118 g/mol. The normalized spacial score (nSPS) is 10.2. The number of H-pyrrole nitrogens is 1. The summed E-state index contributed by atoms with van der Waals surface area (Å²) in [4.78, 5) is 13.5. The Bertz CT molecular complexity index is 202. The third-order valence-corrected chi connectivity index (χ3v) is 0.766. The second-order valence-corrected chi connectivity index (χ2v) is 1.37. The number of allylic oxidation sites excluding steroid dienone is 1. The predicted molar refractivity (Wildman–Crippen MR) is 31.5 cm³/mol. The molecule has 46 valence electrons. The van der Waals surface area contributed by atoms with Gasteiger partial charge in [0.2, 0.25) is 0 Å². The van der Waals surface area contributed by atoms with Crippen molar-refractivity contribution >= 4 is 12.4 Å². The van der Waals surface area contributed by atoms with Crippen LogP contribution < -0.4 is 0 Å². The Kier molecular flexibility index (Phi) is 1.74. The summed E-state index contributed by atoms with van der Waals surface area (Å²) in [5.41, 5.74) is 0. The Labute approximate surface area is 51.6 Å². The third kappa shape index (κ3) is 1.49. The van der Waals surface area contributed by atoms with E-state index in [4.69, 9.17) is 0 Å². The molecule has 0 saturated heterocycles. The van der Waals surface area contributed by atoms with Crippen LogP contribution in [-0.2, 0) is 4.79 Å². The fourth-order valence-electron chi connectivity index (χ4n) is 0.426. The van der Waals surface area contributed by atoms with Crippen molar-refractivity contribution in [1.29, 1.82) is 0 Å². The number of aromatic amines is 1. The first-order valence-electron chi connectivity index (χ1n) is 2.40. The number of aromatic nitrogens is 3. The van der Waals surface area contributed by atoms with Crippen molar-refractivity contribution in [2.24, 2.45) is 0 Å². The lowest BCUT2D eigenvalue weighted by atomic mass is 10.5. The van der Waals surface area contributed by atoms with Crippen LogP contribution in [0, 0.1) is 0 Å². The Morgan fingerprint density at radius 1 is 1.67 bits per heavy atom. The number of carbonyl (C=O) groups excluding carboxylic acids is 1. The van der Waals surface area contributed by atoms with E-state index in [2.05, 4.69) is 15.2 Å². The van der Waals surface area contributed by atoms with E-state index in [9.17, 15) is 4.79 Å². The molecule has 0 amide bonds. The Morgan fingerprint density at radius 3 is 3.11 bits per heavy atom. The van der Waals surface area contributed by atoms with Crippen LogP contribution in [-0.4, -0.2) is 21.5 Å². The molecule has 4 nitrogen and oxygen atoms in total. The monoisotopic (exact) mass is 123 g/mol. The Morgan fingerprint density at radius 2 is 2.56 bits per heavy atom. The van der Waals surface area contributed by atoms with Gasteiger partial charge in [-0.05, 0) is 12.2 Å². The minimum Gasteiger partial charge on any atom is -0.299 e. The molecule has 1 N–H and O–H groups in total. The molecule has 0 radical (unpaired) electrons. The number of nitrogens with zero attached hydrogens (tertiary/aromatic N) is 2. The van der Waals surface area contributed by atoms with Gasteiger partial charge in [0.15, 0.2) is 0 Å². The highest BCUT2D eigenvalue weighted by molar-refractivity contribution is 5.72. The first kappa shape index (κ1) is 5.68. The third-order valence-electron chi connectivity index (χ3n) is 0.766. The first-order valence-corrected chi connectivity index (χ1v) is 2.40. The van der Waals surface area contributed by atoms with E-state index in [0.717, 1.165) is 0 Å². The molecule has 0 bridgehead atoms. The molecule has 0 aromatic carbocycles. The molecule has 1 aromatic heterocycles. The molecule has 1 rings (SSSR count). The van der Waals surface area contributed by atoms with Crippen molar-refractivity contribution < 1.29 is 4.79 Å². The van der Waals surface area contributed by atoms with Gasteiger partial charge in [0.25, 0.3) is 0 Å². The van der Waals surface area contributed by atoms with Crippen LogP contribution in [0.2, 0.25) is 0 Å². The molecule has 0 aliphatic heterocycles. The summed E-state index contributed by atoms with van der Waals surface area (Å²) in [5, 5.41) is 6.14. The van der Waals surface area contributed by atoms with Crippen molar-refractivity contribution in [2.45, 2.75) is 0 Å². The van der Waals surface area contributed by atoms with Crippen molar-refractivity contribution in [2.75, 3.05) is 0 Å². The van der Waals surface area contributed by atoms with Gasteiger partial charge in [-0.15, -0.1) is 0 Å². The average Bonchev–Trinajstić information content (AvgIpc) is 2.34. The van der Waals surface area contributed by atoms with E-state index >= 15 is 0 Å². The van der Waals surface area contributed by atoms with Crippen molar-refractivity contribution in [1.82, 2.24) is 15.2 Å². The van der Waals surface area contributed by atoms with Crippen LogP contribution in [0.4, 0.5) is 0 Å². The van der Waals surface area contributed by atoms with Crippen LogP contribution in [0.1, 0.15) is 5.82 Å². The lowest BCUT2D eigenvalue weighted by molar-refractivity contribution is -0.104. The Balaban J connectivity index is 2.67. The molecule has 0 fully saturated rings. The van der Waals surface area contributed by atoms with Gasteiger partial charge < -0.3 is 0 Å².